The molecule has 4 aliphatic rings. The number of Topliss-reactive ketones (excluding diaryl/α,β-unsaturated/α-hetero) is 1. The summed E-state index contributed by atoms with van der Waals surface area (Å²) in [6.07, 6.45) is 4.26. The standard InChI is InChI=1S/C37H37Cl2FN4O4/c1-47-18-21(19-48-2)13-32(45)22-9-11-24-28(14-22)42-44-30(24)16-31-35(44)33(25-7-4-8-27(39)34(25)40)37(43(31)17-20-5-3-6-20)26-12-10-23(38)15-29(26)41-36(37)46/h4,7-12,14-15,20-21,31,33,35H,3,5-6,13,16-19H2,1-2H3,(H,41,46)/t31-,33-,35+,37+/m0/s1. The summed E-state index contributed by atoms with van der Waals surface area (Å²) in [7, 11) is 3.23. The highest BCUT2D eigenvalue weighted by Gasteiger charge is 2.69. The van der Waals surface area contributed by atoms with E-state index in [1.165, 1.54) is 0 Å². The van der Waals surface area contributed by atoms with Crippen molar-refractivity contribution in [3.63, 3.8) is 0 Å². The largest absolute Gasteiger partial charge is 0.384 e. The molecule has 1 spiro atoms. The number of carbonyl (C=O) groups is 2. The van der Waals surface area contributed by atoms with Crippen LogP contribution in [0.3, 0.4) is 0 Å². The number of carbonyl (C=O) groups excluding carboxylic acids is 2. The molecular formula is C37H37Cl2FN4O4. The van der Waals surface area contributed by atoms with Crippen LogP contribution in [0.5, 0.6) is 0 Å². The lowest BCUT2D eigenvalue weighted by Gasteiger charge is -2.43. The normalized spacial score (nSPS) is 24.7. The number of amides is 1. The Kier molecular flexibility index (Phi) is 8.12. The molecule has 4 heterocycles. The molecule has 1 amide bonds. The molecule has 1 aliphatic carbocycles. The van der Waals surface area contributed by atoms with Crippen molar-refractivity contribution in [2.24, 2.45) is 11.8 Å². The van der Waals surface area contributed by atoms with Gasteiger partial charge in [-0.3, -0.25) is 19.2 Å². The fourth-order valence-electron chi connectivity index (χ4n) is 8.91. The predicted octanol–water partition coefficient (Wildman–Crippen LogP) is 7.18. The first-order valence-electron chi connectivity index (χ1n) is 16.6. The number of nitrogens with zero attached hydrogens (tertiary/aromatic N) is 3. The van der Waals surface area contributed by atoms with Gasteiger partial charge >= 0.3 is 0 Å². The molecule has 3 aromatic carbocycles. The third-order valence-corrected chi connectivity index (χ3v) is 11.6. The topological polar surface area (TPSA) is 85.7 Å². The number of hydrogen-bond acceptors (Lipinski definition) is 6. The third kappa shape index (κ3) is 4.76. The molecule has 0 radical (unpaired) electrons. The first-order chi connectivity index (χ1) is 23.3. The predicted molar refractivity (Wildman–Crippen MR) is 182 cm³/mol. The Balaban J connectivity index is 1.28. The number of methoxy groups -OCH3 is 2. The maximum absolute atomic E-state index is 16.3. The second-order valence-electron chi connectivity index (χ2n) is 13.8. The number of ether oxygens (including phenoxy) is 2. The van der Waals surface area contributed by atoms with Crippen LogP contribution < -0.4 is 5.32 Å². The van der Waals surface area contributed by atoms with Crippen LogP contribution in [0.4, 0.5) is 10.1 Å². The van der Waals surface area contributed by atoms with Crippen molar-refractivity contribution >= 4 is 51.5 Å². The molecule has 1 saturated carbocycles. The maximum atomic E-state index is 16.3. The lowest BCUT2D eigenvalue weighted by atomic mass is 9.73. The lowest BCUT2D eigenvalue weighted by molar-refractivity contribution is -0.128. The van der Waals surface area contributed by atoms with Crippen LogP contribution in [-0.4, -0.2) is 66.4 Å². The van der Waals surface area contributed by atoms with Crippen molar-refractivity contribution in [3.8, 4) is 0 Å². The molecule has 4 aromatic rings. The summed E-state index contributed by atoms with van der Waals surface area (Å²) in [4.78, 5) is 30.4. The SMILES string of the molecule is COCC(COC)CC(=O)c1ccc2c3n(nc2c1)[C@@H]1[C@H](C3)N(CC2CCC2)[C@@]2(C(=O)Nc3cc(Cl)ccc32)[C@H]1c1cccc(Cl)c1F. The van der Waals surface area contributed by atoms with Crippen LogP contribution in [0.1, 0.15) is 64.8 Å². The number of halogens is 3. The Morgan fingerprint density at radius 3 is 2.62 bits per heavy atom. The number of fused-ring (bicyclic) bond motifs is 7. The molecular weight excluding hydrogens is 654 g/mol. The average molecular weight is 692 g/mol. The van der Waals surface area contributed by atoms with Gasteiger partial charge in [0, 0.05) is 84.4 Å². The van der Waals surface area contributed by atoms with Crippen LogP contribution in [0.2, 0.25) is 10.0 Å². The van der Waals surface area contributed by atoms with E-state index in [1.54, 1.807) is 44.6 Å². The Hall–Kier alpha value is -3.34. The molecule has 0 unspecified atom stereocenters. The van der Waals surface area contributed by atoms with E-state index in [1.807, 2.05) is 28.9 Å². The number of ketones is 1. The molecule has 2 fully saturated rings. The summed E-state index contributed by atoms with van der Waals surface area (Å²) in [6.45, 7) is 1.56. The highest BCUT2D eigenvalue weighted by atomic mass is 35.5. The summed E-state index contributed by atoms with van der Waals surface area (Å²) in [5.74, 6) is -0.994. The summed E-state index contributed by atoms with van der Waals surface area (Å²) in [5.41, 5.74) is 2.91. The van der Waals surface area contributed by atoms with E-state index in [-0.39, 0.29) is 34.7 Å². The molecule has 1 N–H and O–H groups in total. The fourth-order valence-corrected chi connectivity index (χ4v) is 9.27. The highest BCUT2D eigenvalue weighted by Crippen LogP contribution is 2.64. The number of nitrogens with one attached hydrogen (secondary N) is 1. The number of anilines is 1. The van der Waals surface area contributed by atoms with Gasteiger partial charge in [0.15, 0.2) is 5.78 Å². The Morgan fingerprint density at radius 1 is 1.10 bits per heavy atom. The van der Waals surface area contributed by atoms with Gasteiger partial charge in [0.25, 0.3) is 0 Å². The van der Waals surface area contributed by atoms with Crippen molar-refractivity contribution in [1.29, 1.82) is 0 Å². The fraction of sp³-hybridized carbons (Fsp3) is 0.432. The van der Waals surface area contributed by atoms with E-state index < -0.39 is 17.3 Å². The zero-order valence-electron chi connectivity index (χ0n) is 26.8. The van der Waals surface area contributed by atoms with Gasteiger partial charge in [-0.05, 0) is 48.6 Å². The monoisotopic (exact) mass is 690 g/mol. The zero-order chi connectivity index (χ0) is 33.3. The summed E-state index contributed by atoms with van der Waals surface area (Å²) < 4.78 is 28.9. The van der Waals surface area contributed by atoms with Gasteiger partial charge in [0.05, 0.1) is 29.8 Å². The smallest absolute Gasteiger partial charge is 0.250 e. The van der Waals surface area contributed by atoms with Crippen LogP contribution in [0.25, 0.3) is 10.9 Å². The van der Waals surface area contributed by atoms with Crippen molar-refractivity contribution < 1.29 is 23.5 Å². The van der Waals surface area contributed by atoms with E-state index in [0.717, 1.165) is 35.9 Å². The number of rotatable bonds is 10. The van der Waals surface area contributed by atoms with Gasteiger partial charge in [0.1, 0.15) is 11.4 Å². The summed E-state index contributed by atoms with van der Waals surface area (Å²) >= 11 is 12.9. The molecule has 48 heavy (non-hydrogen) atoms. The van der Waals surface area contributed by atoms with E-state index in [4.69, 9.17) is 37.8 Å². The van der Waals surface area contributed by atoms with Crippen molar-refractivity contribution in [1.82, 2.24) is 14.7 Å². The molecule has 4 atom stereocenters. The first kappa shape index (κ1) is 31.9. The highest BCUT2D eigenvalue weighted by molar-refractivity contribution is 6.31. The van der Waals surface area contributed by atoms with Gasteiger partial charge in [0.2, 0.25) is 5.91 Å². The van der Waals surface area contributed by atoms with Crippen molar-refractivity contribution in [2.45, 2.75) is 55.6 Å². The number of likely N-dealkylation sites (tertiary alicyclic amines) is 1. The molecule has 1 saturated heterocycles. The van der Waals surface area contributed by atoms with Gasteiger partial charge in [-0.25, -0.2) is 4.39 Å². The molecule has 3 aliphatic heterocycles. The maximum Gasteiger partial charge on any atom is 0.250 e. The quantitative estimate of drug-likeness (QED) is 0.178. The van der Waals surface area contributed by atoms with Crippen molar-refractivity contribution in [2.75, 3.05) is 39.3 Å². The molecule has 1 aromatic heterocycles. The molecule has 11 heteroatoms. The number of benzene rings is 3. The van der Waals surface area contributed by atoms with Crippen LogP contribution in [0, 0.1) is 17.7 Å². The van der Waals surface area contributed by atoms with Crippen LogP contribution >= 0.6 is 23.2 Å². The third-order valence-electron chi connectivity index (χ3n) is 11.1. The Labute approximate surface area is 288 Å². The molecule has 250 valence electrons. The zero-order valence-corrected chi connectivity index (χ0v) is 28.4. The van der Waals surface area contributed by atoms with E-state index in [9.17, 15) is 9.59 Å². The minimum atomic E-state index is -1.20. The van der Waals surface area contributed by atoms with E-state index >= 15 is 4.39 Å². The minimum absolute atomic E-state index is 0.00898. The lowest BCUT2D eigenvalue weighted by Crippen LogP contribution is -2.54. The van der Waals surface area contributed by atoms with Crippen molar-refractivity contribution in [3.05, 3.63) is 92.8 Å². The van der Waals surface area contributed by atoms with Gasteiger partial charge in [-0.2, -0.15) is 5.10 Å². The summed E-state index contributed by atoms with van der Waals surface area (Å²) in [6, 6.07) is 15.7. The van der Waals surface area contributed by atoms with E-state index in [2.05, 4.69) is 10.2 Å². The first-order valence-corrected chi connectivity index (χ1v) is 17.4. The van der Waals surface area contributed by atoms with Crippen LogP contribution in [-0.2, 0) is 26.2 Å². The number of aromatic nitrogens is 2. The molecule has 0 bridgehead atoms. The minimum Gasteiger partial charge on any atom is -0.384 e. The average Bonchev–Trinajstić information content (AvgIpc) is 3.73. The number of hydrogen-bond donors (Lipinski definition) is 1. The summed E-state index contributed by atoms with van der Waals surface area (Å²) in [5, 5.41) is 9.75. The van der Waals surface area contributed by atoms with Crippen LogP contribution in [0.15, 0.2) is 54.6 Å². The van der Waals surface area contributed by atoms with Gasteiger partial charge in [-0.15, -0.1) is 0 Å². The second-order valence-corrected chi connectivity index (χ2v) is 14.6. The Morgan fingerprint density at radius 2 is 1.90 bits per heavy atom. The van der Waals surface area contributed by atoms with Gasteiger partial charge < -0.3 is 14.8 Å². The molecule has 8 nitrogen and oxygen atoms in total. The Bertz CT molecular complexity index is 1940. The van der Waals surface area contributed by atoms with E-state index in [0.29, 0.717) is 65.9 Å². The van der Waals surface area contributed by atoms with Gasteiger partial charge in [-0.1, -0.05) is 60.0 Å². The second kappa shape index (κ2) is 12.2. The molecule has 8 rings (SSSR count).